The topological polar surface area (TPSA) is 75.9 Å². The molecule has 3 aromatic rings. The van der Waals surface area contributed by atoms with Crippen LogP contribution < -0.4 is 10.2 Å². The third-order valence-corrected chi connectivity index (χ3v) is 4.98. The van der Waals surface area contributed by atoms with Crippen LogP contribution in [0.2, 0.25) is 0 Å². The van der Waals surface area contributed by atoms with Crippen molar-refractivity contribution in [1.82, 2.24) is 20.0 Å². The number of rotatable bonds is 4. The Morgan fingerprint density at radius 3 is 2.54 bits per heavy atom. The lowest BCUT2D eigenvalue weighted by atomic mass is 9.97. The van der Waals surface area contributed by atoms with E-state index in [4.69, 9.17) is 0 Å². The molecule has 1 unspecified atom stereocenters. The number of nitrogens with zero attached hydrogens (tertiary/aromatic N) is 5. The maximum Gasteiger partial charge on any atom is 0.229 e. The van der Waals surface area contributed by atoms with Gasteiger partial charge in [-0.1, -0.05) is 6.07 Å². The summed E-state index contributed by atoms with van der Waals surface area (Å²) in [5.74, 6) is 1.47. The van der Waals surface area contributed by atoms with E-state index in [0.29, 0.717) is 12.4 Å². The predicted octanol–water partition coefficient (Wildman–Crippen LogP) is 3.13. The van der Waals surface area contributed by atoms with Crippen LogP contribution in [0.25, 0.3) is 5.82 Å². The number of amides is 1. The van der Waals surface area contributed by atoms with Crippen LogP contribution in [0.1, 0.15) is 24.0 Å². The van der Waals surface area contributed by atoms with Gasteiger partial charge < -0.3 is 10.2 Å². The third-order valence-electron chi connectivity index (χ3n) is 4.98. The van der Waals surface area contributed by atoms with Crippen LogP contribution in [0.3, 0.4) is 0 Å². The quantitative estimate of drug-likeness (QED) is 0.757. The molecule has 1 saturated heterocycles. The summed E-state index contributed by atoms with van der Waals surface area (Å²) in [6, 6.07) is 11.8. The lowest BCUT2D eigenvalue weighted by Crippen LogP contribution is -2.41. The summed E-state index contributed by atoms with van der Waals surface area (Å²) in [7, 11) is 0. The molecule has 0 spiro atoms. The number of carbonyl (C=O) groups is 1. The molecular weight excluding hydrogens is 352 g/mol. The van der Waals surface area contributed by atoms with Gasteiger partial charge in [-0.3, -0.25) is 4.79 Å². The highest BCUT2D eigenvalue weighted by Gasteiger charge is 2.27. The van der Waals surface area contributed by atoms with Crippen molar-refractivity contribution in [2.75, 3.05) is 23.3 Å². The maximum absolute atomic E-state index is 12.8. The van der Waals surface area contributed by atoms with Gasteiger partial charge in [0.15, 0.2) is 11.6 Å². The lowest BCUT2D eigenvalue weighted by Gasteiger charge is -2.32. The second-order valence-electron chi connectivity index (χ2n) is 7.35. The molecule has 3 heterocycles. The van der Waals surface area contributed by atoms with Gasteiger partial charge in [0.1, 0.15) is 0 Å². The van der Waals surface area contributed by atoms with Gasteiger partial charge in [-0.15, -0.1) is 10.2 Å². The van der Waals surface area contributed by atoms with Gasteiger partial charge in [-0.25, -0.2) is 4.68 Å². The Balaban J connectivity index is 1.43. The Labute approximate surface area is 164 Å². The van der Waals surface area contributed by atoms with E-state index >= 15 is 0 Å². The summed E-state index contributed by atoms with van der Waals surface area (Å²) >= 11 is 0. The van der Waals surface area contributed by atoms with Crippen LogP contribution >= 0.6 is 0 Å². The molecule has 0 radical (unpaired) electrons. The molecule has 4 rings (SSSR count). The molecule has 0 saturated carbocycles. The van der Waals surface area contributed by atoms with Gasteiger partial charge in [0.2, 0.25) is 5.91 Å². The number of hydrogen-bond donors (Lipinski definition) is 1. The highest BCUT2D eigenvalue weighted by molar-refractivity contribution is 5.93. The maximum atomic E-state index is 12.8. The number of carbonyl (C=O) groups excluding carboxylic acids is 1. The van der Waals surface area contributed by atoms with E-state index in [0.717, 1.165) is 42.0 Å². The highest BCUT2D eigenvalue weighted by Crippen LogP contribution is 2.23. The summed E-state index contributed by atoms with van der Waals surface area (Å²) in [6.07, 6.45) is 5.37. The van der Waals surface area contributed by atoms with Crippen molar-refractivity contribution in [3.8, 4) is 5.82 Å². The Kier molecular flexibility index (Phi) is 5.06. The van der Waals surface area contributed by atoms with Crippen LogP contribution in [0, 0.1) is 19.8 Å². The third kappa shape index (κ3) is 4.03. The van der Waals surface area contributed by atoms with Gasteiger partial charge in [0.05, 0.1) is 5.92 Å². The Bertz CT molecular complexity index is 931. The average Bonchev–Trinajstić information content (AvgIpc) is 3.22. The number of nitrogens with one attached hydrogen (secondary N) is 1. The Hall–Kier alpha value is -3.22. The fourth-order valence-corrected chi connectivity index (χ4v) is 3.70. The molecule has 2 aromatic heterocycles. The minimum absolute atomic E-state index is 0.0656. The van der Waals surface area contributed by atoms with Crippen LogP contribution in [-0.2, 0) is 4.79 Å². The van der Waals surface area contributed by atoms with Gasteiger partial charge >= 0.3 is 0 Å². The van der Waals surface area contributed by atoms with Crippen LogP contribution in [0.4, 0.5) is 11.5 Å². The summed E-state index contributed by atoms with van der Waals surface area (Å²) in [4.78, 5) is 14.9. The van der Waals surface area contributed by atoms with Gasteiger partial charge in [-0.2, -0.15) is 5.10 Å². The minimum atomic E-state index is -0.0674. The van der Waals surface area contributed by atoms with Crippen molar-refractivity contribution in [3.63, 3.8) is 0 Å². The first kappa shape index (κ1) is 18.2. The van der Waals surface area contributed by atoms with E-state index in [1.165, 1.54) is 0 Å². The molecule has 144 valence electrons. The second kappa shape index (κ2) is 7.80. The minimum Gasteiger partial charge on any atom is -0.354 e. The average molecular weight is 376 g/mol. The fourth-order valence-electron chi connectivity index (χ4n) is 3.70. The van der Waals surface area contributed by atoms with E-state index in [2.05, 4.69) is 31.6 Å². The molecule has 1 atom stereocenters. The predicted molar refractivity (Wildman–Crippen MR) is 109 cm³/mol. The van der Waals surface area contributed by atoms with E-state index in [1.807, 2.05) is 50.4 Å². The van der Waals surface area contributed by atoms with Gasteiger partial charge in [0.25, 0.3) is 0 Å². The van der Waals surface area contributed by atoms with Gasteiger partial charge in [-0.05, 0) is 68.1 Å². The van der Waals surface area contributed by atoms with E-state index in [1.54, 1.807) is 10.9 Å². The Morgan fingerprint density at radius 2 is 1.86 bits per heavy atom. The summed E-state index contributed by atoms with van der Waals surface area (Å²) < 4.78 is 1.67. The number of aromatic nitrogens is 4. The van der Waals surface area contributed by atoms with Crippen molar-refractivity contribution < 1.29 is 4.79 Å². The number of anilines is 2. The van der Waals surface area contributed by atoms with Crippen LogP contribution in [-0.4, -0.2) is 39.0 Å². The zero-order chi connectivity index (χ0) is 19.5. The van der Waals surface area contributed by atoms with Crippen molar-refractivity contribution >= 4 is 17.4 Å². The molecule has 1 aliphatic rings. The normalized spacial score (nSPS) is 16.8. The fraction of sp³-hybridized carbons (Fsp3) is 0.333. The number of piperidine rings is 1. The molecule has 1 aromatic carbocycles. The van der Waals surface area contributed by atoms with E-state index in [9.17, 15) is 4.79 Å². The van der Waals surface area contributed by atoms with E-state index < -0.39 is 0 Å². The highest BCUT2D eigenvalue weighted by atomic mass is 16.1. The zero-order valence-electron chi connectivity index (χ0n) is 16.2. The molecule has 7 nitrogen and oxygen atoms in total. The molecule has 28 heavy (non-hydrogen) atoms. The monoisotopic (exact) mass is 376 g/mol. The van der Waals surface area contributed by atoms with Crippen molar-refractivity contribution in [3.05, 3.63) is 59.9 Å². The number of hydrogen-bond acceptors (Lipinski definition) is 5. The summed E-state index contributed by atoms with van der Waals surface area (Å²) in [5, 5.41) is 15.8. The molecular formula is C21H24N6O. The molecule has 1 N–H and O–H groups in total. The first-order chi connectivity index (χ1) is 13.6. The van der Waals surface area contributed by atoms with E-state index in [-0.39, 0.29) is 11.8 Å². The summed E-state index contributed by atoms with van der Waals surface area (Å²) in [6.45, 7) is 5.60. The molecule has 7 heteroatoms. The Morgan fingerprint density at radius 1 is 1.11 bits per heavy atom. The smallest absolute Gasteiger partial charge is 0.229 e. The van der Waals surface area contributed by atoms with Gasteiger partial charge in [0, 0.05) is 31.2 Å². The SMILES string of the molecule is Cc1cc(C)cc(NC(=O)C2CCCN(c3ccc(-n4cccn4)nn3)C2)c1. The largest absolute Gasteiger partial charge is 0.354 e. The number of benzene rings is 1. The van der Waals surface area contributed by atoms with Crippen LogP contribution in [0.15, 0.2) is 48.8 Å². The van der Waals surface area contributed by atoms with Crippen LogP contribution in [0.5, 0.6) is 0 Å². The van der Waals surface area contributed by atoms with Crippen molar-refractivity contribution in [2.24, 2.45) is 5.92 Å². The first-order valence-corrected chi connectivity index (χ1v) is 9.56. The lowest BCUT2D eigenvalue weighted by molar-refractivity contribution is -0.120. The standard InChI is InChI=1S/C21H24N6O/c1-15-11-16(2)13-18(12-15)23-21(28)17-5-3-9-26(14-17)19-6-7-20(25-24-19)27-10-4-8-22-27/h4,6-8,10-13,17H,3,5,9,14H2,1-2H3,(H,23,28). The molecule has 1 amide bonds. The zero-order valence-corrected chi connectivity index (χ0v) is 16.2. The molecule has 1 aliphatic heterocycles. The van der Waals surface area contributed by atoms with Crippen molar-refractivity contribution in [1.29, 1.82) is 0 Å². The molecule has 1 fully saturated rings. The summed E-state index contributed by atoms with van der Waals surface area (Å²) in [5.41, 5.74) is 3.16. The molecule has 0 bridgehead atoms. The second-order valence-corrected chi connectivity index (χ2v) is 7.35. The number of aryl methyl sites for hydroxylation is 2. The first-order valence-electron chi connectivity index (χ1n) is 9.56. The molecule has 0 aliphatic carbocycles. The van der Waals surface area contributed by atoms with Crippen molar-refractivity contribution in [2.45, 2.75) is 26.7 Å².